The summed E-state index contributed by atoms with van der Waals surface area (Å²) in [5.41, 5.74) is 2.27. The minimum atomic E-state index is -0.834. The number of aryl methyl sites for hydroxylation is 1. The van der Waals surface area contributed by atoms with Crippen LogP contribution in [0.2, 0.25) is 0 Å². The monoisotopic (exact) mass is 401 g/mol. The quantitative estimate of drug-likeness (QED) is 0.365. The molecular formula is C18H15N3O6S. The minimum absolute atomic E-state index is 0.0941. The summed E-state index contributed by atoms with van der Waals surface area (Å²) in [6.45, 7) is 1.83. The number of ether oxygens (including phenoxy) is 1. The highest BCUT2D eigenvalue weighted by atomic mass is 32.1. The Morgan fingerprint density at radius 1 is 1.25 bits per heavy atom. The van der Waals surface area contributed by atoms with E-state index in [1.54, 1.807) is 5.38 Å². The van der Waals surface area contributed by atoms with Crippen molar-refractivity contribution < 1.29 is 23.7 Å². The molecule has 0 saturated heterocycles. The van der Waals surface area contributed by atoms with Gasteiger partial charge in [-0.1, -0.05) is 17.7 Å². The zero-order valence-corrected chi connectivity index (χ0v) is 15.5. The lowest BCUT2D eigenvalue weighted by Crippen LogP contribution is -2.14. The lowest BCUT2D eigenvalue weighted by atomic mass is 10.2. The lowest BCUT2D eigenvalue weighted by molar-refractivity contribution is -0.402. The molecule has 0 radical (unpaired) electrons. The highest BCUT2D eigenvalue weighted by molar-refractivity contribution is 7.09. The van der Waals surface area contributed by atoms with Crippen molar-refractivity contribution >= 4 is 34.8 Å². The molecule has 10 heteroatoms. The number of aromatic nitrogens is 1. The van der Waals surface area contributed by atoms with E-state index >= 15 is 0 Å². The lowest BCUT2D eigenvalue weighted by Gasteiger charge is -2.04. The van der Waals surface area contributed by atoms with Crippen LogP contribution in [0.5, 0.6) is 0 Å². The van der Waals surface area contributed by atoms with Crippen molar-refractivity contribution in [2.45, 2.75) is 20.0 Å². The average Bonchev–Trinajstić information content (AvgIpc) is 3.31. The summed E-state index contributed by atoms with van der Waals surface area (Å²) in [6, 6.07) is 9.68. The molecule has 144 valence electrons. The van der Waals surface area contributed by atoms with Gasteiger partial charge in [-0.3, -0.25) is 14.9 Å². The van der Waals surface area contributed by atoms with Gasteiger partial charge in [0.15, 0.2) is 0 Å². The summed E-state index contributed by atoms with van der Waals surface area (Å²) < 4.78 is 9.79. The number of thiazole rings is 1. The molecule has 0 aliphatic heterocycles. The van der Waals surface area contributed by atoms with Crippen molar-refractivity contribution in [2.24, 2.45) is 0 Å². The van der Waals surface area contributed by atoms with Crippen LogP contribution in [-0.4, -0.2) is 21.8 Å². The van der Waals surface area contributed by atoms with Crippen LogP contribution in [0.25, 0.3) is 0 Å². The molecule has 2 aromatic heterocycles. The van der Waals surface area contributed by atoms with Crippen LogP contribution in [-0.2, 0) is 22.6 Å². The van der Waals surface area contributed by atoms with Gasteiger partial charge < -0.3 is 14.5 Å². The molecule has 0 aliphatic rings. The topological polar surface area (TPSA) is 125 Å². The third-order valence-electron chi connectivity index (χ3n) is 3.57. The maximum absolute atomic E-state index is 12.1. The number of rotatable bonds is 7. The van der Waals surface area contributed by atoms with Gasteiger partial charge in [0, 0.05) is 11.1 Å². The standard InChI is InChI=1S/C18H15N3O6S/c1-11-2-4-12(5-3-11)19-15(22)8-16-20-13(10-28-16)9-26-18(23)14-6-7-17(27-14)21(24)25/h2-7,10H,8-9H2,1H3,(H,19,22). The largest absolute Gasteiger partial charge is 0.453 e. The number of nitrogens with zero attached hydrogens (tertiary/aromatic N) is 2. The van der Waals surface area contributed by atoms with Crippen molar-refractivity contribution in [3.8, 4) is 0 Å². The number of nitrogens with one attached hydrogen (secondary N) is 1. The van der Waals surface area contributed by atoms with Crippen LogP contribution in [0.1, 0.15) is 26.8 Å². The first-order chi connectivity index (χ1) is 13.4. The Balaban J connectivity index is 1.50. The van der Waals surface area contributed by atoms with Crippen LogP contribution in [0.15, 0.2) is 46.2 Å². The van der Waals surface area contributed by atoms with Gasteiger partial charge in [-0.15, -0.1) is 11.3 Å². The summed E-state index contributed by atoms with van der Waals surface area (Å²) in [6.07, 6.45) is 0.0941. The molecule has 0 spiro atoms. The van der Waals surface area contributed by atoms with E-state index in [0.717, 1.165) is 11.6 Å². The molecule has 0 fully saturated rings. The van der Waals surface area contributed by atoms with Gasteiger partial charge in [-0.2, -0.15) is 0 Å². The van der Waals surface area contributed by atoms with E-state index in [4.69, 9.17) is 9.15 Å². The molecule has 0 bridgehead atoms. The highest BCUT2D eigenvalue weighted by Gasteiger charge is 2.19. The van der Waals surface area contributed by atoms with Crippen molar-refractivity contribution in [3.05, 3.63) is 73.9 Å². The molecule has 0 aliphatic carbocycles. The predicted octanol–water partition coefficient (Wildman–Crippen LogP) is 3.49. The van der Waals surface area contributed by atoms with E-state index in [9.17, 15) is 19.7 Å². The summed E-state index contributed by atoms with van der Waals surface area (Å²) in [7, 11) is 0. The molecule has 28 heavy (non-hydrogen) atoms. The Morgan fingerprint density at radius 2 is 2.00 bits per heavy atom. The van der Waals surface area contributed by atoms with E-state index < -0.39 is 16.8 Å². The van der Waals surface area contributed by atoms with Gasteiger partial charge in [0.25, 0.3) is 0 Å². The van der Waals surface area contributed by atoms with Gasteiger partial charge in [0.05, 0.1) is 18.2 Å². The molecule has 0 saturated carbocycles. The van der Waals surface area contributed by atoms with E-state index in [0.29, 0.717) is 16.4 Å². The molecule has 3 aromatic rings. The Bertz CT molecular complexity index is 1010. The molecule has 0 unspecified atom stereocenters. The number of hydrogen-bond donors (Lipinski definition) is 1. The zero-order chi connectivity index (χ0) is 20.1. The van der Waals surface area contributed by atoms with E-state index in [1.165, 1.54) is 17.4 Å². The van der Waals surface area contributed by atoms with E-state index in [1.807, 2.05) is 31.2 Å². The number of amides is 1. The summed E-state index contributed by atoms with van der Waals surface area (Å²) in [4.78, 5) is 38.0. The molecule has 1 N–H and O–H groups in total. The number of furan rings is 1. The Morgan fingerprint density at radius 3 is 2.68 bits per heavy atom. The number of hydrogen-bond acceptors (Lipinski definition) is 8. The van der Waals surface area contributed by atoms with Crippen molar-refractivity contribution in [1.29, 1.82) is 0 Å². The number of anilines is 1. The summed E-state index contributed by atoms with van der Waals surface area (Å²) in [5.74, 6) is -1.84. The summed E-state index contributed by atoms with van der Waals surface area (Å²) >= 11 is 1.27. The second-order valence-electron chi connectivity index (χ2n) is 5.79. The Kier molecular flexibility index (Phi) is 5.80. The fourth-order valence-corrected chi connectivity index (χ4v) is 3.00. The maximum atomic E-state index is 12.1. The Labute approximate surface area is 163 Å². The SMILES string of the molecule is Cc1ccc(NC(=O)Cc2nc(COC(=O)c3ccc([N+](=O)[O-])o3)cs2)cc1. The van der Waals surface area contributed by atoms with Crippen LogP contribution < -0.4 is 5.32 Å². The molecule has 3 rings (SSSR count). The molecule has 9 nitrogen and oxygen atoms in total. The first-order valence-corrected chi connectivity index (χ1v) is 9.00. The van der Waals surface area contributed by atoms with Gasteiger partial charge in [-0.25, -0.2) is 9.78 Å². The van der Waals surface area contributed by atoms with Crippen molar-refractivity contribution in [1.82, 2.24) is 4.98 Å². The van der Waals surface area contributed by atoms with E-state index in [2.05, 4.69) is 10.3 Å². The Hall–Kier alpha value is -3.53. The minimum Gasteiger partial charge on any atom is -0.453 e. The predicted molar refractivity (Wildman–Crippen MR) is 100 cm³/mol. The molecular weight excluding hydrogens is 386 g/mol. The number of nitro groups is 1. The molecule has 1 amide bonds. The summed E-state index contributed by atoms with van der Waals surface area (Å²) in [5, 5.41) is 15.6. The number of carbonyl (C=O) groups excluding carboxylic acids is 2. The number of esters is 1. The van der Waals surface area contributed by atoms with Crippen molar-refractivity contribution in [3.63, 3.8) is 0 Å². The smallest absolute Gasteiger partial charge is 0.433 e. The molecule has 0 atom stereocenters. The van der Waals surface area contributed by atoms with Crippen LogP contribution in [0.4, 0.5) is 11.6 Å². The van der Waals surface area contributed by atoms with Gasteiger partial charge in [-0.05, 0) is 25.1 Å². The van der Waals surface area contributed by atoms with Crippen LogP contribution in [0, 0.1) is 17.0 Å². The second-order valence-corrected chi connectivity index (χ2v) is 6.74. The number of benzene rings is 1. The third kappa shape index (κ3) is 5.01. The first kappa shape index (κ1) is 19.2. The van der Waals surface area contributed by atoms with Gasteiger partial charge in [0.1, 0.15) is 16.5 Å². The molecule has 2 heterocycles. The third-order valence-corrected chi connectivity index (χ3v) is 4.47. The fourth-order valence-electron chi connectivity index (χ4n) is 2.22. The normalized spacial score (nSPS) is 10.5. The fraction of sp³-hybridized carbons (Fsp3) is 0.167. The number of carbonyl (C=O) groups is 2. The van der Waals surface area contributed by atoms with E-state index in [-0.39, 0.29) is 24.7 Å². The molecule has 1 aromatic carbocycles. The van der Waals surface area contributed by atoms with Crippen LogP contribution >= 0.6 is 11.3 Å². The zero-order valence-electron chi connectivity index (χ0n) is 14.7. The first-order valence-electron chi connectivity index (χ1n) is 8.12. The average molecular weight is 401 g/mol. The highest BCUT2D eigenvalue weighted by Crippen LogP contribution is 2.18. The second kappa shape index (κ2) is 8.44. The van der Waals surface area contributed by atoms with Crippen molar-refractivity contribution in [2.75, 3.05) is 5.32 Å². The van der Waals surface area contributed by atoms with Crippen LogP contribution in [0.3, 0.4) is 0 Å². The van der Waals surface area contributed by atoms with Gasteiger partial charge >= 0.3 is 11.9 Å². The maximum Gasteiger partial charge on any atom is 0.433 e. The van der Waals surface area contributed by atoms with Gasteiger partial charge in [0.2, 0.25) is 11.7 Å².